The topological polar surface area (TPSA) is 115 Å². The SMILES string of the molecule is CCCn1nc(C(=O)NNC(=O)COCc2nc3ccccc3s2)c2ccccc2c1=O. The number of hydrazine groups is 1. The Bertz CT molecular complexity index is 1310. The van der Waals surface area contributed by atoms with E-state index in [4.69, 9.17) is 4.74 Å². The van der Waals surface area contributed by atoms with Crippen LogP contribution in [0.5, 0.6) is 0 Å². The summed E-state index contributed by atoms with van der Waals surface area (Å²) in [4.78, 5) is 41.7. The lowest BCUT2D eigenvalue weighted by atomic mass is 10.1. The highest BCUT2D eigenvalue weighted by molar-refractivity contribution is 7.18. The molecule has 0 spiro atoms. The van der Waals surface area contributed by atoms with Gasteiger partial charge in [-0.05, 0) is 24.6 Å². The Kier molecular flexibility index (Phi) is 6.52. The van der Waals surface area contributed by atoms with Crippen molar-refractivity contribution in [3.8, 4) is 0 Å². The number of carbonyl (C=O) groups is 2. The summed E-state index contributed by atoms with van der Waals surface area (Å²) in [5.41, 5.74) is 5.34. The van der Waals surface area contributed by atoms with Gasteiger partial charge in [0.15, 0.2) is 5.69 Å². The number of nitrogens with zero attached hydrogens (tertiary/aromatic N) is 3. The second-order valence-corrected chi connectivity index (χ2v) is 8.11. The van der Waals surface area contributed by atoms with Gasteiger partial charge in [0, 0.05) is 11.9 Å². The van der Waals surface area contributed by atoms with E-state index in [1.807, 2.05) is 31.2 Å². The summed E-state index contributed by atoms with van der Waals surface area (Å²) in [5.74, 6) is -1.14. The Balaban J connectivity index is 1.36. The Morgan fingerprint density at radius 2 is 1.81 bits per heavy atom. The molecule has 0 saturated heterocycles. The Morgan fingerprint density at radius 1 is 1.06 bits per heavy atom. The molecule has 0 aliphatic carbocycles. The number of hydrogen-bond donors (Lipinski definition) is 2. The second kappa shape index (κ2) is 9.67. The second-order valence-electron chi connectivity index (χ2n) is 6.99. The number of carbonyl (C=O) groups excluding carboxylic acids is 2. The molecule has 9 nitrogen and oxygen atoms in total. The summed E-state index contributed by atoms with van der Waals surface area (Å²) in [5, 5.41) is 5.77. The Labute approximate surface area is 187 Å². The van der Waals surface area contributed by atoms with Gasteiger partial charge < -0.3 is 4.74 Å². The lowest BCUT2D eigenvalue weighted by molar-refractivity contribution is -0.126. The normalized spacial score (nSPS) is 11.0. The van der Waals surface area contributed by atoms with Crippen LogP contribution in [0, 0.1) is 0 Å². The molecule has 4 rings (SSSR count). The maximum atomic E-state index is 12.7. The number of para-hydroxylation sites is 1. The number of fused-ring (bicyclic) bond motifs is 2. The largest absolute Gasteiger partial charge is 0.364 e. The predicted octanol–water partition coefficient (Wildman–Crippen LogP) is 2.39. The summed E-state index contributed by atoms with van der Waals surface area (Å²) in [6, 6.07) is 14.5. The van der Waals surface area contributed by atoms with Crippen molar-refractivity contribution in [1.29, 1.82) is 0 Å². The lowest BCUT2D eigenvalue weighted by Crippen LogP contribution is -2.44. The van der Waals surface area contributed by atoms with Crippen LogP contribution in [0.1, 0.15) is 28.8 Å². The van der Waals surface area contributed by atoms with Gasteiger partial charge in [-0.1, -0.05) is 37.3 Å². The molecule has 0 atom stereocenters. The molecule has 0 fully saturated rings. The highest BCUT2D eigenvalue weighted by atomic mass is 32.1. The van der Waals surface area contributed by atoms with Gasteiger partial charge in [-0.2, -0.15) is 5.10 Å². The van der Waals surface area contributed by atoms with Crippen LogP contribution in [-0.2, 0) is 22.7 Å². The molecule has 0 bridgehead atoms. The fourth-order valence-corrected chi connectivity index (χ4v) is 4.11. The molecule has 32 heavy (non-hydrogen) atoms. The van der Waals surface area contributed by atoms with Crippen molar-refractivity contribution in [3.63, 3.8) is 0 Å². The van der Waals surface area contributed by atoms with E-state index in [-0.39, 0.29) is 24.5 Å². The first-order valence-corrected chi connectivity index (χ1v) is 10.9. The van der Waals surface area contributed by atoms with Gasteiger partial charge >= 0.3 is 0 Å². The van der Waals surface area contributed by atoms with Crippen molar-refractivity contribution in [2.24, 2.45) is 0 Å². The molecule has 164 valence electrons. The third-order valence-electron chi connectivity index (χ3n) is 4.63. The van der Waals surface area contributed by atoms with E-state index in [0.29, 0.717) is 23.7 Å². The number of nitrogens with one attached hydrogen (secondary N) is 2. The van der Waals surface area contributed by atoms with Gasteiger partial charge in [-0.15, -0.1) is 11.3 Å². The maximum Gasteiger partial charge on any atom is 0.290 e. The van der Waals surface area contributed by atoms with Crippen molar-refractivity contribution >= 4 is 44.1 Å². The molecule has 0 unspecified atom stereocenters. The highest BCUT2D eigenvalue weighted by Gasteiger charge is 2.17. The van der Waals surface area contributed by atoms with Gasteiger partial charge in [-0.3, -0.25) is 25.2 Å². The predicted molar refractivity (Wildman–Crippen MR) is 121 cm³/mol. The van der Waals surface area contributed by atoms with E-state index < -0.39 is 11.8 Å². The minimum absolute atomic E-state index is 0.0596. The molecule has 2 aromatic carbocycles. The minimum atomic E-state index is -0.620. The standard InChI is InChI=1S/C22H21N5O4S/c1-2-11-27-22(30)15-8-4-3-7-14(15)20(26-27)21(29)25-24-18(28)12-31-13-19-23-16-9-5-6-10-17(16)32-19/h3-10H,2,11-13H2,1H3,(H,24,28)(H,25,29). The van der Waals surface area contributed by atoms with E-state index >= 15 is 0 Å². The lowest BCUT2D eigenvalue weighted by Gasteiger charge is -2.11. The summed E-state index contributed by atoms with van der Waals surface area (Å²) in [6.07, 6.45) is 0.690. The van der Waals surface area contributed by atoms with Gasteiger partial charge in [0.1, 0.15) is 11.6 Å². The number of amides is 2. The molecule has 4 aromatic rings. The number of thiazole rings is 1. The number of aryl methyl sites for hydroxylation is 1. The Morgan fingerprint density at radius 3 is 2.59 bits per heavy atom. The third-order valence-corrected chi connectivity index (χ3v) is 5.64. The first-order chi connectivity index (χ1) is 15.6. The summed E-state index contributed by atoms with van der Waals surface area (Å²) >= 11 is 1.50. The van der Waals surface area contributed by atoms with Crippen LogP contribution >= 0.6 is 11.3 Å². The van der Waals surface area contributed by atoms with E-state index in [2.05, 4.69) is 20.9 Å². The molecule has 0 saturated carbocycles. The fourth-order valence-electron chi connectivity index (χ4n) is 3.20. The summed E-state index contributed by atoms with van der Waals surface area (Å²) < 4.78 is 7.72. The fraction of sp³-hybridized carbons (Fsp3) is 0.227. The maximum absolute atomic E-state index is 12.7. The molecule has 2 amide bonds. The molecule has 0 aliphatic heterocycles. The van der Waals surface area contributed by atoms with Crippen LogP contribution in [0.15, 0.2) is 53.3 Å². The van der Waals surface area contributed by atoms with Crippen molar-refractivity contribution in [1.82, 2.24) is 25.6 Å². The van der Waals surface area contributed by atoms with Crippen LogP contribution < -0.4 is 16.4 Å². The minimum Gasteiger partial charge on any atom is -0.364 e. The van der Waals surface area contributed by atoms with Crippen molar-refractivity contribution < 1.29 is 14.3 Å². The zero-order valence-electron chi connectivity index (χ0n) is 17.3. The molecular weight excluding hydrogens is 430 g/mol. The number of aromatic nitrogens is 3. The highest BCUT2D eigenvalue weighted by Crippen LogP contribution is 2.21. The zero-order valence-corrected chi connectivity index (χ0v) is 18.1. The van der Waals surface area contributed by atoms with E-state index in [1.54, 1.807) is 24.3 Å². The molecular formula is C22H21N5O4S. The summed E-state index contributed by atoms with van der Waals surface area (Å²) in [6.45, 7) is 2.24. The van der Waals surface area contributed by atoms with Gasteiger partial charge in [0.05, 0.1) is 22.2 Å². The number of hydrogen-bond acceptors (Lipinski definition) is 7. The van der Waals surface area contributed by atoms with Gasteiger partial charge in [0.25, 0.3) is 17.4 Å². The molecule has 10 heteroatoms. The van der Waals surface area contributed by atoms with E-state index in [1.165, 1.54) is 16.0 Å². The molecule has 2 N–H and O–H groups in total. The molecule has 2 aromatic heterocycles. The first kappa shape index (κ1) is 21.6. The molecule has 0 aliphatic rings. The van der Waals surface area contributed by atoms with Crippen LogP contribution in [0.3, 0.4) is 0 Å². The summed E-state index contributed by atoms with van der Waals surface area (Å²) in [7, 11) is 0. The van der Waals surface area contributed by atoms with Crippen LogP contribution in [0.4, 0.5) is 0 Å². The van der Waals surface area contributed by atoms with E-state index in [0.717, 1.165) is 15.2 Å². The van der Waals surface area contributed by atoms with Crippen LogP contribution in [0.2, 0.25) is 0 Å². The third kappa shape index (κ3) is 4.66. The monoisotopic (exact) mass is 451 g/mol. The molecule has 0 radical (unpaired) electrons. The van der Waals surface area contributed by atoms with Crippen LogP contribution in [-0.4, -0.2) is 33.2 Å². The molecule has 2 heterocycles. The number of ether oxygens (including phenoxy) is 1. The van der Waals surface area contributed by atoms with Gasteiger partial charge in [0.2, 0.25) is 0 Å². The van der Waals surface area contributed by atoms with Crippen LogP contribution in [0.25, 0.3) is 21.0 Å². The average molecular weight is 452 g/mol. The smallest absolute Gasteiger partial charge is 0.290 e. The average Bonchev–Trinajstić information content (AvgIpc) is 3.22. The Hall–Kier alpha value is -3.63. The number of benzene rings is 2. The van der Waals surface area contributed by atoms with Crippen molar-refractivity contribution in [2.75, 3.05) is 6.61 Å². The quantitative estimate of drug-likeness (QED) is 0.417. The van der Waals surface area contributed by atoms with Gasteiger partial charge in [-0.25, -0.2) is 9.67 Å². The zero-order chi connectivity index (χ0) is 22.5. The van der Waals surface area contributed by atoms with Crippen molar-refractivity contribution in [2.45, 2.75) is 26.5 Å². The number of rotatable bonds is 7. The van der Waals surface area contributed by atoms with E-state index in [9.17, 15) is 14.4 Å². The first-order valence-electron chi connectivity index (χ1n) is 10.1. The van der Waals surface area contributed by atoms with Crippen molar-refractivity contribution in [3.05, 3.63) is 69.6 Å².